The van der Waals surface area contributed by atoms with Gasteiger partial charge >= 0.3 is 10.4 Å². The first-order valence-electron chi connectivity index (χ1n) is 12.0. The average molecular weight is 650 g/mol. The van der Waals surface area contributed by atoms with Crippen molar-refractivity contribution in [3.05, 3.63) is 72.3 Å². The highest BCUT2D eigenvalue weighted by Crippen LogP contribution is 2.45. The molecule has 0 unspecified atom stereocenters. The van der Waals surface area contributed by atoms with Crippen molar-refractivity contribution in [1.29, 1.82) is 0 Å². The number of sulfone groups is 1. The fourth-order valence-electron chi connectivity index (χ4n) is 3.78. The lowest BCUT2D eigenvalue weighted by atomic mass is 10.1. The van der Waals surface area contributed by atoms with Gasteiger partial charge in [0.25, 0.3) is 10.1 Å². The molecule has 18 heteroatoms. The smallest absolute Gasteiger partial charge is 0.397 e. The molecule has 4 aromatic carbocycles. The van der Waals surface area contributed by atoms with Gasteiger partial charge in [0, 0.05) is 0 Å². The van der Waals surface area contributed by atoms with Gasteiger partial charge in [0.2, 0.25) is 0 Å². The van der Waals surface area contributed by atoms with Crippen LogP contribution < -0.4 is 5.73 Å². The van der Waals surface area contributed by atoms with E-state index >= 15 is 0 Å². The van der Waals surface area contributed by atoms with Crippen molar-refractivity contribution in [2.24, 2.45) is 20.5 Å². The van der Waals surface area contributed by atoms with Gasteiger partial charge in [0.05, 0.1) is 39.7 Å². The number of hydrogen-bond acceptors (Lipinski definition) is 13. The van der Waals surface area contributed by atoms with E-state index in [1.807, 2.05) is 19.1 Å². The molecule has 0 aromatic heterocycles. The summed E-state index contributed by atoms with van der Waals surface area (Å²) in [7, 11) is -13.9. The van der Waals surface area contributed by atoms with Gasteiger partial charge in [0.15, 0.2) is 15.6 Å². The second-order valence-electron chi connectivity index (χ2n) is 8.94. The zero-order valence-corrected chi connectivity index (χ0v) is 24.5. The Labute approximate surface area is 246 Å². The lowest BCUT2D eigenvalue weighted by molar-refractivity contribution is 0.284. The molecular formula is C25H23N5O10S3. The molecule has 0 aliphatic carbocycles. The molecule has 0 atom stereocenters. The Kier molecular flexibility index (Phi) is 8.90. The summed E-state index contributed by atoms with van der Waals surface area (Å²) in [5.74, 6) is -1.26. The molecule has 0 heterocycles. The maximum absolute atomic E-state index is 12.6. The predicted molar refractivity (Wildman–Crippen MR) is 155 cm³/mol. The maximum Gasteiger partial charge on any atom is 0.397 e. The molecule has 0 saturated carbocycles. The van der Waals surface area contributed by atoms with Gasteiger partial charge in [-0.25, -0.2) is 12.6 Å². The molecule has 4 rings (SSSR count). The number of anilines is 1. The number of phenolic OH excluding ortho intramolecular Hbond substituents is 1. The van der Waals surface area contributed by atoms with Crippen molar-refractivity contribution in [2.45, 2.75) is 16.7 Å². The van der Waals surface area contributed by atoms with Crippen LogP contribution in [0.15, 0.2) is 97.0 Å². The summed E-state index contributed by atoms with van der Waals surface area (Å²) in [5, 5.41) is 26.8. The van der Waals surface area contributed by atoms with Crippen LogP contribution in [0.3, 0.4) is 0 Å². The van der Waals surface area contributed by atoms with Crippen LogP contribution in [0.1, 0.15) is 5.56 Å². The second kappa shape index (κ2) is 12.1. The fraction of sp³-hybridized carbons (Fsp3) is 0.120. The van der Waals surface area contributed by atoms with Crippen LogP contribution in [0.4, 0.5) is 28.4 Å². The van der Waals surface area contributed by atoms with E-state index in [2.05, 4.69) is 24.6 Å². The Balaban J connectivity index is 1.75. The van der Waals surface area contributed by atoms with Crippen molar-refractivity contribution in [3.63, 3.8) is 0 Å². The third kappa shape index (κ3) is 7.74. The van der Waals surface area contributed by atoms with E-state index in [0.717, 1.165) is 17.7 Å². The molecule has 0 radical (unpaired) electrons. The first kappa shape index (κ1) is 31.6. The Morgan fingerprint density at radius 1 is 0.814 bits per heavy atom. The molecule has 226 valence electrons. The van der Waals surface area contributed by atoms with Gasteiger partial charge in [-0.1, -0.05) is 29.8 Å². The zero-order chi connectivity index (χ0) is 31.6. The quantitative estimate of drug-likeness (QED) is 0.0998. The molecule has 0 saturated heterocycles. The van der Waals surface area contributed by atoms with E-state index in [0.29, 0.717) is 5.69 Å². The minimum Gasteiger partial charge on any atom is -0.505 e. The van der Waals surface area contributed by atoms with Crippen molar-refractivity contribution in [1.82, 2.24) is 0 Å². The Morgan fingerprint density at radius 2 is 1.49 bits per heavy atom. The van der Waals surface area contributed by atoms with Crippen molar-refractivity contribution < 1.29 is 43.6 Å². The number of aromatic hydroxyl groups is 1. The number of benzene rings is 4. The van der Waals surface area contributed by atoms with Gasteiger partial charge in [-0.05, 0) is 54.8 Å². The maximum atomic E-state index is 12.6. The van der Waals surface area contributed by atoms with Crippen LogP contribution in [-0.4, -0.2) is 51.8 Å². The van der Waals surface area contributed by atoms with Gasteiger partial charge in [-0.3, -0.25) is 9.11 Å². The summed E-state index contributed by atoms with van der Waals surface area (Å²) < 4.78 is 93.4. The largest absolute Gasteiger partial charge is 0.505 e. The molecule has 5 N–H and O–H groups in total. The van der Waals surface area contributed by atoms with E-state index in [1.165, 1.54) is 30.3 Å². The van der Waals surface area contributed by atoms with Gasteiger partial charge in [0.1, 0.15) is 16.3 Å². The number of phenols is 1. The number of nitrogens with zero attached hydrogens (tertiary/aromatic N) is 4. The summed E-state index contributed by atoms with van der Waals surface area (Å²) in [4.78, 5) is -1.05. The zero-order valence-electron chi connectivity index (χ0n) is 22.1. The third-order valence-corrected chi connectivity index (χ3v) is 8.85. The molecule has 0 aliphatic rings. The average Bonchev–Trinajstić information content (AvgIpc) is 2.91. The number of azo groups is 2. The summed E-state index contributed by atoms with van der Waals surface area (Å²) in [5.41, 5.74) is 6.71. The molecule has 4 aromatic rings. The van der Waals surface area contributed by atoms with Crippen molar-refractivity contribution in [2.75, 3.05) is 18.1 Å². The fourth-order valence-corrected chi connectivity index (χ4v) is 5.97. The number of nitrogens with two attached hydrogens (primary N) is 1. The Morgan fingerprint density at radius 3 is 2.14 bits per heavy atom. The number of fused-ring (bicyclic) bond motifs is 1. The normalized spacial score (nSPS) is 12.9. The molecule has 0 aliphatic heterocycles. The van der Waals surface area contributed by atoms with E-state index in [1.54, 1.807) is 12.1 Å². The Bertz CT molecular complexity index is 2100. The van der Waals surface area contributed by atoms with Crippen LogP contribution in [0.25, 0.3) is 10.8 Å². The molecule has 0 fully saturated rings. The summed E-state index contributed by atoms with van der Waals surface area (Å²) in [6, 6.07) is 15.7. The minimum absolute atomic E-state index is 0.00171. The molecule has 0 spiro atoms. The highest BCUT2D eigenvalue weighted by molar-refractivity contribution is 7.91. The van der Waals surface area contributed by atoms with Crippen LogP contribution in [-0.2, 0) is 34.5 Å². The molecule has 43 heavy (non-hydrogen) atoms. The molecule has 0 amide bonds. The lowest BCUT2D eigenvalue weighted by Gasteiger charge is -2.12. The molecule has 0 bridgehead atoms. The van der Waals surface area contributed by atoms with Crippen molar-refractivity contribution >= 4 is 69.6 Å². The van der Waals surface area contributed by atoms with E-state index in [9.17, 15) is 34.9 Å². The molecule has 15 nitrogen and oxygen atoms in total. The van der Waals surface area contributed by atoms with Crippen LogP contribution in [0, 0.1) is 6.92 Å². The summed E-state index contributed by atoms with van der Waals surface area (Å²) in [6.07, 6.45) is 0. The SMILES string of the molecule is Cc1ccc(N=Nc2ccc3cc(S(=O)(=O)O)c(N=Nc4cccc(S(=O)(=O)CCOS(=O)(=O)O)c4)c(N)c3c2O)cc1. The minimum atomic E-state index is -4.92. The predicted octanol–water partition coefficient (Wildman–Crippen LogP) is 5.11. The third-order valence-electron chi connectivity index (χ3n) is 5.84. The number of rotatable bonds is 10. The second-order valence-corrected chi connectivity index (χ2v) is 13.5. The summed E-state index contributed by atoms with van der Waals surface area (Å²) >= 11 is 0. The monoisotopic (exact) mass is 649 g/mol. The van der Waals surface area contributed by atoms with Gasteiger partial charge < -0.3 is 10.8 Å². The first-order chi connectivity index (χ1) is 20.0. The number of hydrogen-bond donors (Lipinski definition) is 4. The van der Waals surface area contributed by atoms with Crippen LogP contribution in [0.5, 0.6) is 5.75 Å². The Hall–Kier alpha value is -4.33. The molecular weight excluding hydrogens is 627 g/mol. The van der Waals surface area contributed by atoms with E-state index in [4.69, 9.17) is 10.3 Å². The van der Waals surface area contributed by atoms with Gasteiger partial charge in [-0.2, -0.15) is 27.1 Å². The van der Waals surface area contributed by atoms with E-state index in [-0.39, 0.29) is 32.7 Å². The highest BCUT2D eigenvalue weighted by Gasteiger charge is 2.23. The topological polar surface area (TPSA) is 248 Å². The van der Waals surface area contributed by atoms with Crippen molar-refractivity contribution in [3.8, 4) is 5.75 Å². The standard InChI is InChI=1S/C25H23N5O10S3/c1-15-5-8-17(9-6-15)27-29-20-10-7-16-13-21(42(34,35)36)24(23(26)22(16)25(20)31)30-28-18-3-2-4-19(14-18)41(32,33)12-11-40-43(37,38)39/h2-10,13-14,31H,11-12,26H2,1H3,(H,34,35,36)(H,37,38,39). The van der Waals surface area contributed by atoms with Crippen LogP contribution in [0.2, 0.25) is 0 Å². The number of nitrogen functional groups attached to an aromatic ring is 1. The summed E-state index contributed by atoms with van der Waals surface area (Å²) in [6.45, 7) is 1.05. The first-order valence-corrected chi connectivity index (χ1v) is 16.4. The van der Waals surface area contributed by atoms with Crippen LogP contribution >= 0.6 is 0 Å². The highest BCUT2D eigenvalue weighted by atomic mass is 32.3. The number of aryl methyl sites for hydroxylation is 1. The lowest BCUT2D eigenvalue weighted by Crippen LogP contribution is -2.15. The van der Waals surface area contributed by atoms with E-state index < -0.39 is 59.0 Å². The van der Waals surface area contributed by atoms with Gasteiger partial charge in [-0.15, -0.1) is 10.2 Å².